The molecule has 0 spiro atoms. The smallest absolute Gasteiger partial charge is 0.195 e. The van der Waals surface area contributed by atoms with Crippen LogP contribution in [-0.4, -0.2) is 21.1 Å². The van der Waals surface area contributed by atoms with Gasteiger partial charge in [-0.3, -0.25) is 0 Å². The van der Waals surface area contributed by atoms with Crippen molar-refractivity contribution in [2.75, 3.05) is 0 Å². The number of hydrogen-bond acceptors (Lipinski definition) is 4. The van der Waals surface area contributed by atoms with Crippen molar-refractivity contribution in [1.29, 1.82) is 0 Å². The maximum Gasteiger partial charge on any atom is 0.212 e. The van der Waals surface area contributed by atoms with E-state index in [4.69, 9.17) is 11.6 Å². The molecule has 0 saturated heterocycles. The maximum atomic E-state index is 6.17. The molecule has 3 aromatic rings. The first kappa shape index (κ1) is 16.2. The van der Waals surface area contributed by atoms with Crippen LogP contribution in [0.4, 0.5) is 0 Å². The third-order valence-electron chi connectivity index (χ3n) is 3.02. The summed E-state index contributed by atoms with van der Waals surface area (Å²) in [4.78, 5) is 0. The SMILES string of the molecule is Clc1ccccc1CSc1nncn1/N=C/c1ccc(Br)cc1. The molecule has 2 aromatic carbocycles. The first-order chi connectivity index (χ1) is 11.2. The van der Waals surface area contributed by atoms with Crippen LogP contribution >= 0.6 is 39.3 Å². The Morgan fingerprint density at radius 2 is 1.96 bits per heavy atom. The molecule has 0 aliphatic rings. The summed E-state index contributed by atoms with van der Waals surface area (Å²) in [5.41, 5.74) is 2.06. The van der Waals surface area contributed by atoms with Crippen molar-refractivity contribution in [3.05, 3.63) is 75.5 Å². The molecule has 0 fully saturated rings. The van der Waals surface area contributed by atoms with Crippen LogP contribution in [0.25, 0.3) is 0 Å². The van der Waals surface area contributed by atoms with Gasteiger partial charge in [0, 0.05) is 15.2 Å². The summed E-state index contributed by atoms with van der Waals surface area (Å²) in [7, 11) is 0. The summed E-state index contributed by atoms with van der Waals surface area (Å²) in [5, 5.41) is 13.9. The molecular formula is C16H12BrClN4S. The summed E-state index contributed by atoms with van der Waals surface area (Å²) < 4.78 is 2.69. The van der Waals surface area contributed by atoms with Crippen molar-refractivity contribution in [1.82, 2.24) is 14.9 Å². The molecule has 1 aromatic heterocycles. The lowest BCUT2D eigenvalue weighted by Gasteiger charge is -2.03. The molecule has 23 heavy (non-hydrogen) atoms. The van der Waals surface area contributed by atoms with E-state index in [1.165, 1.54) is 0 Å². The lowest BCUT2D eigenvalue weighted by atomic mass is 10.2. The Morgan fingerprint density at radius 1 is 1.17 bits per heavy atom. The maximum absolute atomic E-state index is 6.17. The van der Waals surface area contributed by atoms with E-state index in [1.54, 1.807) is 29.0 Å². The van der Waals surface area contributed by atoms with Crippen molar-refractivity contribution < 1.29 is 0 Å². The van der Waals surface area contributed by atoms with E-state index in [0.717, 1.165) is 25.8 Å². The number of rotatable bonds is 5. The topological polar surface area (TPSA) is 43.1 Å². The van der Waals surface area contributed by atoms with Gasteiger partial charge in [-0.2, -0.15) is 9.78 Å². The van der Waals surface area contributed by atoms with Gasteiger partial charge in [-0.25, -0.2) is 0 Å². The molecule has 0 aliphatic carbocycles. The van der Waals surface area contributed by atoms with Gasteiger partial charge < -0.3 is 0 Å². The van der Waals surface area contributed by atoms with Gasteiger partial charge in [0.05, 0.1) is 6.21 Å². The van der Waals surface area contributed by atoms with E-state index < -0.39 is 0 Å². The van der Waals surface area contributed by atoms with E-state index in [0.29, 0.717) is 5.75 Å². The quantitative estimate of drug-likeness (QED) is 0.448. The van der Waals surface area contributed by atoms with Crippen molar-refractivity contribution >= 4 is 45.5 Å². The molecule has 0 unspecified atom stereocenters. The normalized spacial score (nSPS) is 11.2. The van der Waals surface area contributed by atoms with E-state index >= 15 is 0 Å². The highest BCUT2D eigenvalue weighted by Gasteiger charge is 2.06. The highest BCUT2D eigenvalue weighted by Crippen LogP contribution is 2.25. The van der Waals surface area contributed by atoms with Gasteiger partial charge in [-0.15, -0.1) is 10.2 Å². The lowest BCUT2D eigenvalue weighted by molar-refractivity contribution is 0.767. The fraction of sp³-hybridized carbons (Fsp3) is 0.0625. The highest BCUT2D eigenvalue weighted by molar-refractivity contribution is 9.10. The Morgan fingerprint density at radius 3 is 2.74 bits per heavy atom. The fourth-order valence-electron chi connectivity index (χ4n) is 1.83. The second-order valence-electron chi connectivity index (χ2n) is 4.63. The molecule has 1 heterocycles. The monoisotopic (exact) mass is 406 g/mol. The summed E-state index contributed by atoms with van der Waals surface area (Å²) in [5.74, 6) is 0.714. The molecule has 0 amide bonds. The van der Waals surface area contributed by atoms with Crippen LogP contribution in [-0.2, 0) is 5.75 Å². The number of thioether (sulfide) groups is 1. The minimum atomic E-state index is 0.714. The molecule has 0 N–H and O–H groups in total. The van der Waals surface area contributed by atoms with Gasteiger partial charge in [0.2, 0.25) is 5.16 Å². The largest absolute Gasteiger partial charge is 0.212 e. The van der Waals surface area contributed by atoms with E-state index in [2.05, 4.69) is 31.2 Å². The van der Waals surface area contributed by atoms with Gasteiger partial charge in [0.25, 0.3) is 0 Å². The van der Waals surface area contributed by atoms with Crippen molar-refractivity contribution in [2.24, 2.45) is 5.10 Å². The van der Waals surface area contributed by atoms with Gasteiger partial charge in [0.1, 0.15) is 6.33 Å². The lowest BCUT2D eigenvalue weighted by Crippen LogP contribution is -1.93. The third-order valence-corrected chi connectivity index (χ3v) is 4.90. The Hall–Kier alpha value is -1.63. The zero-order valence-corrected chi connectivity index (χ0v) is 15.1. The van der Waals surface area contributed by atoms with Crippen molar-refractivity contribution in [2.45, 2.75) is 10.9 Å². The van der Waals surface area contributed by atoms with E-state index in [1.807, 2.05) is 48.5 Å². The molecule has 0 radical (unpaired) electrons. The predicted molar refractivity (Wildman–Crippen MR) is 98.2 cm³/mol. The average Bonchev–Trinajstić information content (AvgIpc) is 3.01. The predicted octanol–water partition coefficient (Wildman–Crippen LogP) is 4.87. The minimum Gasteiger partial charge on any atom is -0.195 e. The van der Waals surface area contributed by atoms with E-state index in [-0.39, 0.29) is 0 Å². The number of aromatic nitrogens is 3. The number of nitrogens with zero attached hydrogens (tertiary/aromatic N) is 4. The zero-order chi connectivity index (χ0) is 16.1. The van der Waals surface area contributed by atoms with Gasteiger partial charge in [0.15, 0.2) is 0 Å². The standard InChI is InChI=1S/C16H12BrClN4S/c17-14-7-5-12(6-8-14)9-20-22-11-19-21-16(22)23-10-13-3-1-2-4-15(13)18/h1-9,11H,10H2/b20-9+. The molecule has 116 valence electrons. The first-order valence-corrected chi connectivity index (χ1v) is 8.94. The van der Waals surface area contributed by atoms with Crippen LogP contribution in [0.1, 0.15) is 11.1 Å². The molecule has 0 atom stereocenters. The molecule has 0 aliphatic heterocycles. The van der Waals surface area contributed by atoms with Crippen LogP contribution in [0.15, 0.2) is 69.6 Å². The van der Waals surface area contributed by atoms with Crippen LogP contribution in [0.2, 0.25) is 5.02 Å². The average molecular weight is 408 g/mol. The molecule has 3 rings (SSSR count). The zero-order valence-electron chi connectivity index (χ0n) is 11.9. The van der Waals surface area contributed by atoms with Crippen LogP contribution in [0.3, 0.4) is 0 Å². The summed E-state index contributed by atoms with van der Waals surface area (Å²) >= 11 is 11.1. The van der Waals surface area contributed by atoms with Crippen molar-refractivity contribution in [3.63, 3.8) is 0 Å². The highest BCUT2D eigenvalue weighted by atomic mass is 79.9. The summed E-state index contributed by atoms with van der Waals surface area (Å²) in [6.45, 7) is 0. The first-order valence-electron chi connectivity index (χ1n) is 6.78. The summed E-state index contributed by atoms with van der Waals surface area (Å²) in [6, 6.07) is 15.7. The second kappa shape index (κ2) is 7.77. The number of hydrogen-bond donors (Lipinski definition) is 0. The van der Waals surface area contributed by atoms with Crippen LogP contribution < -0.4 is 0 Å². The number of halogens is 2. The fourth-order valence-corrected chi connectivity index (χ4v) is 3.24. The molecular weight excluding hydrogens is 396 g/mol. The molecule has 4 nitrogen and oxygen atoms in total. The molecule has 0 bridgehead atoms. The van der Waals surface area contributed by atoms with Crippen LogP contribution in [0, 0.1) is 0 Å². The number of benzene rings is 2. The van der Waals surface area contributed by atoms with Gasteiger partial charge in [-0.05, 0) is 29.3 Å². The van der Waals surface area contributed by atoms with E-state index in [9.17, 15) is 0 Å². The van der Waals surface area contributed by atoms with Crippen molar-refractivity contribution in [3.8, 4) is 0 Å². The van der Waals surface area contributed by atoms with Crippen LogP contribution in [0.5, 0.6) is 0 Å². The Bertz CT molecular complexity index is 817. The Labute approximate surface area is 151 Å². The molecule has 0 saturated carbocycles. The Kier molecular flexibility index (Phi) is 5.48. The summed E-state index contributed by atoms with van der Waals surface area (Å²) in [6.07, 6.45) is 3.36. The van der Waals surface area contributed by atoms with Gasteiger partial charge in [-0.1, -0.05) is 69.6 Å². The molecule has 7 heteroatoms. The third kappa shape index (κ3) is 4.43. The second-order valence-corrected chi connectivity index (χ2v) is 6.90. The minimum absolute atomic E-state index is 0.714. The van der Waals surface area contributed by atoms with Gasteiger partial charge >= 0.3 is 0 Å². The Balaban J connectivity index is 1.70.